The van der Waals surface area contributed by atoms with Gasteiger partial charge in [0.1, 0.15) is 0 Å². The molecule has 9 heteroatoms. The lowest BCUT2D eigenvalue weighted by Crippen LogP contribution is -2.53. The first-order valence-corrected chi connectivity index (χ1v) is 9.38. The largest absolute Gasteiger partial charge is 0.416 e. The second-order valence-corrected chi connectivity index (χ2v) is 6.94. The first-order valence-electron chi connectivity index (χ1n) is 9.38. The number of hydrogen-bond donors (Lipinski definition) is 2. The second-order valence-electron chi connectivity index (χ2n) is 6.94. The Hall–Kier alpha value is -2.45. The molecule has 1 fully saturated rings. The highest BCUT2D eigenvalue weighted by Crippen LogP contribution is 2.31. The van der Waals surface area contributed by atoms with Gasteiger partial charge in [-0.05, 0) is 18.2 Å². The molecule has 0 aliphatic carbocycles. The third-order valence-corrected chi connectivity index (χ3v) is 4.56. The predicted octanol–water partition coefficient (Wildman–Crippen LogP) is 2.17. The smallest absolute Gasteiger partial charge is 0.368 e. The van der Waals surface area contributed by atoms with Crippen molar-refractivity contribution in [2.24, 2.45) is 10.9 Å². The van der Waals surface area contributed by atoms with E-state index in [1.165, 1.54) is 12.1 Å². The molecule has 0 bridgehead atoms. The van der Waals surface area contributed by atoms with Gasteiger partial charge < -0.3 is 20.4 Å². The molecule has 0 unspecified atom stereocenters. The summed E-state index contributed by atoms with van der Waals surface area (Å²) in [4.78, 5) is 19.8. The topological polar surface area (TPSA) is 60.0 Å². The van der Waals surface area contributed by atoms with Crippen molar-refractivity contribution in [2.45, 2.75) is 20.0 Å². The Labute approximate surface area is 163 Å². The summed E-state index contributed by atoms with van der Waals surface area (Å²) in [7, 11) is 1.69. The number of guanidine groups is 1. The number of aliphatic imine (C=N–C) groups is 1. The number of nitrogens with zero attached hydrogens (tertiary/aromatic N) is 3. The molecule has 1 aromatic carbocycles. The van der Waals surface area contributed by atoms with E-state index >= 15 is 0 Å². The highest BCUT2D eigenvalue weighted by atomic mass is 19.4. The van der Waals surface area contributed by atoms with E-state index in [1.54, 1.807) is 13.1 Å². The number of piperazine rings is 1. The summed E-state index contributed by atoms with van der Waals surface area (Å²) < 4.78 is 38.7. The quantitative estimate of drug-likeness (QED) is 0.453. The minimum Gasteiger partial charge on any atom is -0.368 e. The van der Waals surface area contributed by atoms with Crippen LogP contribution in [0.1, 0.15) is 19.4 Å². The molecule has 0 radical (unpaired) electrons. The number of amides is 1. The predicted molar refractivity (Wildman–Crippen MR) is 104 cm³/mol. The van der Waals surface area contributed by atoms with Crippen LogP contribution in [0.2, 0.25) is 0 Å². The number of benzene rings is 1. The van der Waals surface area contributed by atoms with E-state index in [9.17, 15) is 18.0 Å². The number of nitrogens with one attached hydrogen (secondary N) is 2. The molecule has 0 saturated carbocycles. The van der Waals surface area contributed by atoms with E-state index in [-0.39, 0.29) is 11.8 Å². The van der Waals surface area contributed by atoms with E-state index in [1.807, 2.05) is 18.7 Å². The fraction of sp³-hybridized carbons (Fsp3) is 0.579. The second kappa shape index (κ2) is 9.66. The van der Waals surface area contributed by atoms with Crippen LogP contribution in [0.15, 0.2) is 29.3 Å². The highest BCUT2D eigenvalue weighted by molar-refractivity contribution is 5.80. The average Bonchev–Trinajstić information content (AvgIpc) is 2.67. The Morgan fingerprint density at radius 1 is 1.14 bits per heavy atom. The fourth-order valence-corrected chi connectivity index (χ4v) is 2.95. The molecule has 0 atom stereocenters. The van der Waals surface area contributed by atoms with Crippen LogP contribution < -0.4 is 15.5 Å². The van der Waals surface area contributed by atoms with Gasteiger partial charge in [0.05, 0.1) is 5.56 Å². The molecule has 1 amide bonds. The molecular formula is C19H28F3N5O. The van der Waals surface area contributed by atoms with Gasteiger partial charge in [-0.25, -0.2) is 0 Å². The van der Waals surface area contributed by atoms with Gasteiger partial charge in [0.2, 0.25) is 5.91 Å². The van der Waals surface area contributed by atoms with Gasteiger partial charge >= 0.3 is 6.18 Å². The summed E-state index contributed by atoms with van der Waals surface area (Å²) >= 11 is 0. The van der Waals surface area contributed by atoms with E-state index in [0.29, 0.717) is 45.0 Å². The molecule has 6 nitrogen and oxygen atoms in total. The minimum absolute atomic E-state index is 0.00601. The molecule has 1 saturated heterocycles. The Bertz CT molecular complexity index is 682. The van der Waals surface area contributed by atoms with Crippen LogP contribution in [0.25, 0.3) is 0 Å². The summed E-state index contributed by atoms with van der Waals surface area (Å²) in [5, 5.41) is 6.05. The van der Waals surface area contributed by atoms with Gasteiger partial charge in [0, 0.05) is 57.9 Å². The monoisotopic (exact) mass is 399 g/mol. The van der Waals surface area contributed by atoms with Crippen molar-refractivity contribution in [2.75, 3.05) is 51.2 Å². The van der Waals surface area contributed by atoms with E-state index < -0.39 is 11.7 Å². The number of carbonyl (C=O) groups excluding carboxylic acids is 1. The van der Waals surface area contributed by atoms with Gasteiger partial charge in [0.15, 0.2) is 5.96 Å². The Kier molecular flexibility index (Phi) is 7.53. The van der Waals surface area contributed by atoms with Crippen LogP contribution in [0.5, 0.6) is 0 Å². The average molecular weight is 399 g/mol. The summed E-state index contributed by atoms with van der Waals surface area (Å²) in [6, 6.07) is 5.43. The van der Waals surface area contributed by atoms with Crippen LogP contribution in [-0.2, 0) is 11.0 Å². The van der Waals surface area contributed by atoms with Crippen molar-refractivity contribution in [1.82, 2.24) is 15.5 Å². The summed E-state index contributed by atoms with van der Waals surface area (Å²) in [6.07, 6.45) is -4.34. The van der Waals surface area contributed by atoms with Crippen molar-refractivity contribution in [3.05, 3.63) is 29.8 Å². The summed E-state index contributed by atoms with van der Waals surface area (Å²) in [6.45, 7) is 7.23. The van der Waals surface area contributed by atoms with Crippen LogP contribution in [0, 0.1) is 5.92 Å². The summed E-state index contributed by atoms with van der Waals surface area (Å²) in [5.41, 5.74) is -0.0535. The first kappa shape index (κ1) is 21.8. The van der Waals surface area contributed by atoms with Gasteiger partial charge in [-0.15, -0.1) is 0 Å². The molecule has 2 rings (SSSR count). The maximum Gasteiger partial charge on any atom is 0.416 e. The number of halogens is 3. The zero-order valence-corrected chi connectivity index (χ0v) is 16.5. The number of anilines is 1. The Morgan fingerprint density at radius 3 is 2.36 bits per heavy atom. The maximum atomic E-state index is 12.9. The first-order chi connectivity index (χ1) is 13.2. The van der Waals surface area contributed by atoms with Crippen molar-refractivity contribution >= 4 is 17.6 Å². The van der Waals surface area contributed by atoms with Crippen LogP contribution in [-0.4, -0.2) is 63.1 Å². The van der Waals surface area contributed by atoms with Crippen molar-refractivity contribution in [3.63, 3.8) is 0 Å². The lowest BCUT2D eigenvalue weighted by molar-refractivity contribution is -0.137. The van der Waals surface area contributed by atoms with Gasteiger partial charge in [-0.3, -0.25) is 9.79 Å². The number of carbonyl (C=O) groups is 1. The molecule has 1 heterocycles. The molecule has 2 N–H and O–H groups in total. The van der Waals surface area contributed by atoms with Gasteiger partial charge in [-0.2, -0.15) is 13.2 Å². The number of rotatable bonds is 5. The van der Waals surface area contributed by atoms with Crippen LogP contribution in [0.4, 0.5) is 18.9 Å². The van der Waals surface area contributed by atoms with Crippen molar-refractivity contribution in [1.29, 1.82) is 0 Å². The van der Waals surface area contributed by atoms with E-state index in [2.05, 4.69) is 20.5 Å². The zero-order chi connectivity index (χ0) is 20.7. The molecule has 1 aromatic rings. The third-order valence-electron chi connectivity index (χ3n) is 4.56. The van der Waals surface area contributed by atoms with Crippen molar-refractivity contribution in [3.8, 4) is 0 Å². The lowest BCUT2D eigenvalue weighted by atomic mass is 10.1. The van der Waals surface area contributed by atoms with E-state index in [0.717, 1.165) is 12.0 Å². The highest BCUT2D eigenvalue weighted by Gasteiger charge is 2.31. The molecule has 1 aliphatic rings. The molecular weight excluding hydrogens is 371 g/mol. The Morgan fingerprint density at radius 2 is 1.79 bits per heavy atom. The fourth-order valence-electron chi connectivity index (χ4n) is 2.95. The number of hydrogen-bond acceptors (Lipinski definition) is 3. The van der Waals surface area contributed by atoms with E-state index in [4.69, 9.17) is 0 Å². The van der Waals surface area contributed by atoms with Crippen molar-refractivity contribution < 1.29 is 18.0 Å². The SMILES string of the molecule is CN=C(NCCNC(=O)C(C)C)N1CCN(c2cccc(C(F)(F)F)c2)CC1. The summed E-state index contributed by atoms with van der Waals surface area (Å²) in [5.74, 6) is 0.678. The minimum atomic E-state index is -4.34. The molecule has 1 aliphatic heterocycles. The number of alkyl halides is 3. The maximum absolute atomic E-state index is 12.9. The molecule has 156 valence electrons. The zero-order valence-electron chi connectivity index (χ0n) is 16.5. The van der Waals surface area contributed by atoms with Crippen LogP contribution in [0.3, 0.4) is 0 Å². The molecule has 28 heavy (non-hydrogen) atoms. The van der Waals surface area contributed by atoms with Crippen LogP contribution >= 0.6 is 0 Å². The van der Waals surface area contributed by atoms with Gasteiger partial charge in [-0.1, -0.05) is 19.9 Å². The Balaban J connectivity index is 1.84. The van der Waals surface area contributed by atoms with Gasteiger partial charge in [0.25, 0.3) is 0 Å². The normalized spacial score (nSPS) is 15.8. The standard InChI is InChI=1S/C19H28F3N5O/c1-14(2)17(28)24-7-8-25-18(23-3)27-11-9-26(10-12-27)16-6-4-5-15(13-16)19(20,21)22/h4-6,13-14H,7-12H2,1-3H3,(H,23,25)(H,24,28). The molecule has 0 aromatic heterocycles. The molecule has 0 spiro atoms. The third kappa shape index (κ3) is 6.03. The lowest BCUT2D eigenvalue weighted by Gasteiger charge is -2.37.